The van der Waals surface area contributed by atoms with E-state index in [2.05, 4.69) is 4.84 Å². The number of hydrogen-bond donors (Lipinski definition) is 1. The molecule has 2 aromatic rings. The van der Waals surface area contributed by atoms with Gasteiger partial charge in [0.15, 0.2) is 0 Å². The highest BCUT2D eigenvalue weighted by Gasteiger charge is 2.08. The molecule has 0 amide bonds. The molecule has 0 aliphatic heterocycles. The lowest BCUT2D eigenvalue weighted by atomic mass is 10.2. The van der Waals surface area contributed by atoms with Gasteiger partial charge >= 0.3 is 0 Å². The van der Waals surface area contributed by atoms with Gasteiger partial charge in [-0.15, -0.1) is 0 Å². The fourth-order valence-electron chi connectivity index (χ4n) is 1.79. The van der Waals surface area contributed by atoms with Crippen molar-refractivity contribution >= 4 is 10.9 Å². The highest BCUT2D eigenvalue weighted by molar-refractivity contribution is 5.87. The zero-order valence-corrected chi connectivity index (χ0v) is 8.86. The summed E-state index contributed by atoms with van der Waals surface area (Å²) in [6.07, 6.45) is 0. The second-order valence-electron chi connectivity index (χ2n) is 3.40. The fourth-order valence-corrected chi connectivity index (χ4v) is 1.79. The van der Waals surface area contributed by atoms with Crippen molar-refractivity contribution in [2.24, 2.45) is 12.9 Å². The molecule has 0 saturated heterocycles. The topological polar surface area (TPSA) is 49.4 Å². The van der Waals surface area contributed by atoms with Crippen molar-refractivity contribution in [2.75, 3.05) is 7.11 Å². The lowest BCUT2D eigenvalue weighted by Crippen LogP contribution is -2.03. The number of nitrogens with two attached hydrogens (primary N) is 1. The first kappa shape index (κ1) is 10.0. The number of benzene rings is 1. The summed E-state index contributed by atoms with van der Waals surface area (Å²) in [5.74, 6) is 5.94. The smallest absolute Gasteiger partial charge is 0.128 e. The molecule has 1 aromatic carbocycles. The van der Waals surface area contributed by atoms with Crippen LogP contribution in [0.2, 0.25) is 0 Å². The van der Waals surface area contributed by atoms with Gasteiger partial charge in [0.1, 0.15) is 12.4 Å². The van der Waals surface area contributed by atoms with Gasteiger partial charge in [-0.3, -0.25) is 4.84 Å². The molecule has 15 heavy (non-hydrogen) atoms. The molecule has 1 heterocycles. The van der Waals surface area contributed by atoms with Crippen LogP contribution >= 0.6 is 0 Å². The number of hydrogen-bond acceptors (Lipinski definition) is 3. The molecule has 0 fully saturated rings. The van der Waals surface area contributed by atoms with Crippen molar-refractivity contribution < 1.29 is 9.57 Å². The van der Waals surface area contributed by atoms with E-state index in [1.54, 1.807) is 7.11 Å². The summed E-state index contributed by atoms with van der Waals surface area (Å²) < 4.78 is 7.33. The molecule has 2 N–H and O–H groups in total. The van der Waals surface area contributed by atoms with E-state index in [4.69, 9.17) is 10.6 Å². The Kier molecular flexibility index (Phi) is 2.62. The number of fused-ring (bicyclic) bond motifs is 1. The van der Waals surface area contributed by atoms with Gasteiger partial charge in [0, 0.05) is 18.1 Å². The molecule has 2 rings (SSSR count). The lowest BCUT2D eigenvalue weighted by Gasteiger charge is -2.03. The van der Waals surface area contributed by atoms with Crippen LogP contribution in [0.3, 0.4) is 0 Å². The Morgan fingerprint density at radius 2 is 2.20 bits per heavy atom. The first-order valence-electron chi connectivity index (χ1n) is 4.71. The van der Waals surface area contributed by atoms with Crippen LogP contribution in [-0.2, 0) is 18.5 Å². The third-order valence-electron chi connectivity index (χ3n) is 2.60. The second kappa shape index (κ2) is 3.92. The van der Waals surface area contributed by atoms with Crippen LogP contribution in [0.25, 0.3) is 10.9 Å². The van der Waals surface area contributed by atoms with Gasteiger partial charge in [-0.2, -0.15) is 0 Å². The summed E-state index contributed by atoms with van der Waals surface area (Å²) in [4.78, 5) is 4.65. The summed E-state index contributed by atoms with van der Waals surface area (Å²) in [5, 5.41) is 1.08. The summed E-state index contributed by atoms with van der Waals surface area (Å²) in [6.45, 7) is 0.397. The van der Waals surface area contributed by atoms with E-state index in [9.17, 15) is 0 Å². The summed E-state index contributed by atoms with van der Waals surface area (Å²) in [5.41, 5.74) is 2.14. The Morgan fingerprint density at radius 3 is 2.87 bits per heavy atom. The SMILES string of the molecule is COc1cccc2c1cc(CON)n2C. The summed E-state index contributed by atoms with van der Waals surface area (Å²) >= 11 is 0. The first-order chi connectivity index (χ1) is 7.27. The lowest BCUT2D eigenvalue weighted by molar-refractivity contribution is 0.119. The van der Waals surface area contributed by atoms with Crippen LogP contribution in [0.1, 0.15) is 5.69 Å². The van der Waals surface area contributed by atoms with Crippen molar-refractivity contribution in [1.29, 1.82) is 0 Å². The molecule has 4 nitrogen and oxygen atoms in total. The van der Waals surface area contributed by atoms with Crippen LogP contribution in [0.4, 0.5) is 0 Å². The van der Waals surface area contributed by atoms with Crippen molar-refractivity contribution in [3.8, 4) is 5.75 Å². The largest absolute Gasteiger partial charge is 0.496 e. The number of methoxy groups -OCH3 is 1. The van der Waals surface area contributed by atoms with Crippen LogP contribution in [0, 0.1) is 0 Å². The van der Waals surface area contributed by atoms with Gasteiger partial charge in [-0.05, 0) is 18.2 Å². The standard InChI is InChI=1S/C11H14N2O2/c1-13-8(7-15-12)6-9-10(13)4-3-5-11(9)14-2/h3-6H,7,12H2,1-2H3. The predicted octanol–water partition coefficient (Wildman–Crippen LogP) is 1.58. The molecule has 0 bridgehead atoms. The van der Waals surface area contributed by atoms with E-state index in [0.717, 1.165) is 22.3 Å². The van der Waals surface area contributed by atoms with E-state index < -0.39 is 0 Å². The minimum Gasteiger partial charge on any atom is -0.496 e. The first-order valence-corrected chi connectivity index (χ1v) is 4.71. The van der Waals surface area contributed by atoms with E-state index in [1.165, 1.54) is 0 Å². The number of nitrogens with zero attached hydrogens (tertiary/aromatic N) is 1. The zero-order valence-electron chi connectivity index (χ0n) is 8.86. The van der Waals surface area contributed by atoms with Crippen molar-refractivity contribution in [2.45, 2.75) is 6.61 Å². The molecule has 0 unspecified atom stereocenters. The Labute approximate surface area is 88.1 Å². The molecule has 0 atom stereocenters. The molecule has 80 valence electrons. The maximum absolute atomic E-state index is 5.29. The average molecular weight is 206 g/mol. The van der Waals surface area contributed by atoms with Crippen LogP contribution in [0.5, 0.6) is 5.75 Å². The Morgan fingerprint density at radius 1 is 1.40 bits per heavy atom. The minimum atomic E-state index is 0.397. The zero-order chi connectivity index (χ0) is 10.8. The van der Waals surface area contributed by atoms with Gasteiger partial charge in [-0.1, -0.05) is 6.07 Å². The maximum Gasteiger partial charge on any atom is 0.128 e. The van der Waals surface area contributed by atoms with Gasteiger partial charge in [0.2, 0.25) is 0 Å². The number of rotatable bonds is 3. The Hall–Kier alpha value is -1.52. The van der Waals surface area contributed by atoms with E-state index >= 15 is 0 Å². The monoisotopic (exact) mass is 206 g/mol. The number of aryl methyl sites for hydroxylation is 1. The highest BCUT2D eigenvalue weighted by atomic mass is 16.6. The minimum absolute atomic E-state index is 0.397. The molecule has 0 saturated carbocycles. The molecular weight excluding hydrogens is 192 g/mol. The van der Waals surface area contributed by atoms with Crippen molar-refractivity contribution in [1.82, 2.24) is 4.57 Å². The Bertz CT molecular complexity index is 477. The maximum atomic E-state index is 5.29. The highest BCUT2D eigenvalue weighted by Crippen LogP contribution is 2.28. The van der Waals surface area contributed by atoms with Gasteiger partial charge in [0.05, 0.1) is 12.6 Å². The van der Waals surface area contributed by atoms with Gasteiger partial charge in [-0.25, -0.2) is 5.90 Å². The number of aromatic nitrogens is 1. The van der Waals surface area contributed by atoms with Crippen molar-refractivity contribution in [3.05, 3.63) is 30.0 Å². The van der Waals surface area contributed by atoms with Crippen LogP contribution < -0.4 is 10.6 Å². The molecule has 0 aliphatic carbocycles. The van der Waals surface area contributed by atoms with E-state index in [-0.39, 0.29) is 0 Å². The third-order valence-corrected chi connectivity index (χ3v) is 2.60. The molecular formula is C11H14N2O2. The van der Waals surface area contributed by atoms with Crippen LogP contribution in [0.15, 0.2) is 24.3 Å². The second-order valence-corrected chi connectivity index (χ2v) is 3.40. The third kappa shape index (κ3) is 1.58. The average Bonchev–Trinajstić information content (AvgIpc) is 2.57. The van der Waals surface area contributed by atoms with Crippen molar-refractivity contribution in [3.63, 3.8) is 0 Å². The molecule has 0 spiro atoms. The van der Waals surface area contributed by atoms with Gasteiger partial charge in [0.25, 0.3) is 0 Å². The number of ether oxygens (including phenoxy) is 1. The molecule has 0 aliphatic rings. The molecule has 0 radical (unpaired) electrons. The van der Waals surface area contributed by atoms with Crippen LogP contribution in [-0.4, -0.2) is 11.7 Å². The van der Waals surface area contributed by atoms with Gasteiger partial charge < -0.3 is 9.30 Å². The normalized spacial score (nSPS) is 10.9. The van der Waals surface area contributed by atoms with E-state index in [1.807, 2.05) is 35.9 Å². The summed E-state index contributed by atoms with van der Waals surface area (Å²) in [7, 11) is 3.65. The Balaban J connectivity index is 2.64. The fraction of sp³-hybridized carbons (Fsp3) is 0.273. The summed E-state index contributed by atoms with van der Waals surface area (Å²) in [6, 6.07) is 7.97. The quantitative estimate of drug-likeness (QED) is 0.775. The molecule has 4 heteroatoms. The predicted molar refractivity (Wildman–Crippen MR) is 58.4 cm³/mol. The van der Waals surface area contributed by atoms with E-state index in [0.29, 0.717) is 6.61 Å². The molecule has 1 aromatic heterocycles.